The van der Waals surface area contributed by atoms with Gasteiger partial charge in [-0.15, -0.1) is 0 Å². The van der Waals surface area contributed by atoms with Crippen molar-refractivity contribution < 1.29 is 4.42 Å². The third-order valence-electron chi connectivity index (χ3n) is 3.49. The molecule has 1 N–H and O–H groups in total. The summed E-state index contributed by atoms with van der Waals surface area (Å²) in [6, 6.07) is 18.8. The number of hydrogen-bond acceptors (Lipinski definition) is 2. The Balaban J connectivity index is 1.87. The standard InChI is InChI=1S/C17H16BrNO/c1-19-15(10-12-6-8-14(18)9-7-12)17-11-13-4-2-3-5-16(13)20-17/h2-9,11,15,19H,10H2,1H3. The van der Waals surface area contributed by atoms with E-state index in [4.69, 9.17) is 4.42 Å². The number of para-hydroxylation sites is 1. The van der Waals surface area contributed by atoms with Gasteiger partial charge in [0, 0.05) is 9.86 Å². The highest BCUT2D eigenvalue weighted by atomic mass is 79.9. The van der Waals surface area contributed by atoms with Crippen molar-refractivity contribution in [3.8, 4) is 0 Å². The number of benzene rings is 2. The highest BCUT2D eigenvalue weighted by Gasteiger charge is 2.15. The molecule has 2 aromatic carbocycles. The first-order valence-corrected chi connectivity index (χ1v) is 7.46. The Kier molecular flexibility index (Phi) is 3.90. The van der Waals surface area contributed by atoms with Gasteiger partial charge in [0.25, 0.3) is 0 Å². The molecule has 1 heterocycles. The predicted molar refractivity (Wildman–Crippen MR) is 85.9 cm³/mol. The Morgan fingerprint density at radius 3 is 2.55 bits per heavy atom. The molecule has 3 heteroatoms. The molecule has 0 saturated heterocycles. The van der Waals surface area contributed by atoms with Gasteiger partial charge in [-0.25, -0.2) is 0 Å². The van der Waals surface area contributed by atoms with Gasteiger partial charge in [0.1, 0.15) is 11.3 Å². The molecule has 0 aliphatic heterocycles. The lowest BCUT2D eigenvalue weighted by atomic mass is 10.0. The molecule has 102 valence electrons. The van der Waals surface area contributed by atoms with Gasteiger partial charge in [0.2, 0.25) is 0 Å². The average Bonchev–Trinajstić information content (AvgIpc) is 2.90. The van der Waals surface area contributed by atoms with Crippen molar-refractivity contribution in [2.75, 3.05) is 7.05 Å². The summed E-state index contributed by atoms with van der Waals surface area (Å²) in [7, 11) is 1.97. The second kappa shape index (κ2) is 5.81. The number of hydrogen-bond donors (Lipinski definition) is 1. The molecule has 0 aliphatic rings. The van der Waals surface area contributed by atoms with E-state index in [-0.39, 0.29) is 6.04 Å². The van der Waals surface area contributed by atoms with Gasteiger partial charge in [-0.3, -0.25) is 0 Å². The third-order valence-corrected chi connectivity index (χ3v) is 4.02. The second-order valence-corrected chi connectivity index (χ2v) is 5.77. The molecule has 0 amide bonds. The Bertz CT molecular complexity index is 669. The molecule has 20 heavy (non-hydrogen) atoms. The van der Waals surface area contributed by atoms with Crippen LogP contribution in [-0.4, -0.2) is 7.05 Å². The van der Waals surface area contributed by atoms with Crippen LogP contribution in [0.4, 0.5) is 0 Å². The van der Waals surface area contributed by atoms with E-state index in [2.05, 4.69) is 57.6 Å². The van der Waals surface area contributed by atoms with Gasteiger partial charge in [0.05, 0.1) is 6.04 Å². The largest absolute Gasteiger partial charge is 0.459 e. The number of likely N-dealkylation sites (N-methyl/N-ethyl adjacent to an activating group) is 1. The van der Waals surface area contributed by atoms with Crippen molar-refractivity contribution in [2.24, 2.45) is 0 Å². The number of rotatable bonds is 4. The maximum Gasteiger partial charge on any atom is 0.134 e. The van der Waals surface area contributed by atoms with Crippen LogP contribution >= 0.6 is 15.9 Å². The van der Waals surface area contributed by atoms with Gasteiger partial charge < -0.3 is 9.73 Å². The van der Waals surface area contributed by atoms with E-state index >= 15 is 0 Å². The summed E-state index contributed by atoms with van der Waals surface area (Å²) < 4.78 is 7.05. The molecule has 2 nitrogen and oxygen atoms in total. The molecule has 1 atom stereocenters. The van der Waals surface area contributed by atoms with E-state index in [1.807, 2.05) is 25.2 Å². The zero-order valence-electron chi connectivity index (χ0n) is 11.3. The van der Waals surface area contributed by atoms with Crippen LogP contribution in [0.5, 0.6) is 0 Å². The third kappa shape index (κ3) is 2.79. The predicted octanol–water partition coefficient (Wildman–Crippen LogP) is 4.70. The van der Waals surface area contributed by atoms with Crippen LogP contribution in [0.3, 0.4) is 0 Å². The molecule has 0 fully saturated rings. The molecular weight excluding hydrogens is 314 g/mol. The first-order valence-electron chi connectivity index (χ1n) is 6.66. The van der Waals surface area contributed by atoms with Crippen molar-refractivity contribution in [3.63, 3.8) is 0 Å². The SMILES string of the molecule is CNC(Cc1ccc(Br)cc1)c1cc2ccccc2o1. The summed E-state index contributed by atoms with van der Waals surface area (Å²) in [6.45, 7) is 0. The summed E-state index contributed by atoms with van der Waals surface area (Å²) in [6.07, 6.45) is 0.906. The molecule has 0 spiro atoms. The Morgan fingerprint density at radius 1 is 1.10 bits per heavy atom. The lowest BCUT2D eigenvalue weighted by molar-refractivity contribution is 0.451. The maximum absolute atomic E-state index is 5.95. The number of furan rings is 1. The fraction of sp³-hybridized carbons (Fsp3) is 0.176. The highest BCUT2D eigenvalue weighted by molar-refractivity contribution is 9.10. The van der Waals surface area contributed by atoms with Gasteiger partial charge in [-0.1, -0.05) is 46.3 Å². The fourth-order valence-electron chi connectivity index (χ4n) is 2.38. The molecule has 0 aliphatic carbocycles. The molecule has 0 saturated carbocycles. The lowest BCUT2D eigenvalue weighted by Crippen LogP contribution is -2.18. The molecule has 1 aromatic heterocycles. The van der Waals surface area contributed by atoms with Crippen molar-refractivity contribution in [1.82, 2.24) is 5.32 Å². The van der Waals surface area contributed by atoms with Crippen molar-refractivity contribution in [2.45, 2.75) is 12.5 Å². The Labute approximate surface area is 126 Å². The Morgan fingerprint density at radius 2 is 1.85 bits per heavy atom. The summed E-state index contributed by atoms with van der Waals surface area (Å²) in [5, 5.41) is 4.49. The van der Waals surface area contributed by atoms with Crippen LogP contribution in [0.1, 0.15) is 17.4 Å². The summed E-state index contributed by atoms with van der Waals surface area (Å²) in [4.78, 5) is 0. The van der Waals surface area contributed by atoms with Crippen LogP contribution in [0.15, 0.2) is 63.5 Å². The average molecular weight is 330 g/mol. The minimum absolute atomic E-state index is 0.184. The van der Waals surface area contributed by atoms with Gasteiger partial charge in [-0.05, 0) is 43.3 Å². The van der Waals surface area contributed by atoms with Crippen molar-refractivity contribution in [1.29, 1.82) is 0 Å². The molecule has 3 aromatic rings. The minimum atomic E-state index is 0.184. The first-order chi connectivity index (χ1) is 9.76. The van der Waals surface area contributed by atoms with E-state index in [0.29, 0.717) is 0 Å². The van der Waals surface area contributed by atoms with Gasteiger partial charge in [0.15, 0.2) is 0 Å². The van der Waals surface area contributed by atoms with Gasteiger partial charge in [-0.2, -0.15) is 0 Å². The van der Waals surface area contributed by atoms with E-state index in [9.17, 15) is 0 Å². The highest BCUT2D eigenvalue weighted by Crippen LogP contribution is 2.26. The fourth-order valence-corrected chi connectivity index (χ4v) is 2.64. The number of nitrogens with one attached hydrogen (secondary N) is 1. The van der Waals surface area contributed by atoms with Crippen molar-refractivity contribution >= 4 is 26.9 Å². The van der Waals surface area contributed by atoms with E-state index in [1.54, 1.807) is 0 Å². The summed E-state index contributed by atoms with van der Waals surface area (Å²) in [5.41, 5.74) is 2.23. The summed E-state index contributed by atoms with van der Waals surface area (Å²) >= 11 is 3.46. The zero-order valence-corrected chi connectivity index (χ0v) is 12.9. The lowest BCUT2D eigenvalue weighted by Gasteiger charge is -2.13. The van der Waals surface area contributed by atoms with E-state index in [1.165, 1.54) is 5.56 Å². The summed E-state index contributed by atoms with van der Waals surface area (Å²) in [5.74, 6) is 0.983. The molecule has 3 rings (SSSR count). The second-order valence-electron chi connectivity index (χ2n) is 4.86. The normalized spacial score (nSPS) is 12.7. The van der Waals surface area contributed by atoms with Crippen LogP contribution in [0.2, 0.25) is 0 Å². The molecule has 1 unspecified atom stereocenters. The topological polar surface area (TPSA) is 25.2 Å². The van der Waals surface area contributed by atoms with Crippen LogP contribution in [0.25, 0.3) is 11.0 Å². The van der Waals surface area contributed by atoms with Crippen LogP contribution in [0, 0.1) is 0 Å². The quantitative estimate of drug-likeness (QED) is 0.750. The monoisotopic (exact) mass is 329 g/mol. The van der Waals surface area contributed by atoms with Gasteiger partial charge >= 0.3 is 0 Å². The minimum Gasteiger partial charge on any atom is -0.459 e. The molecule has 0 bridgehead atoms. The number of fused-ring (bicyclic) bond motifs is 1. The smallest absolute Gasteiger partial charge is 0.134 e. The molecular formula is C17H16BrNO. The van der Waals surface area contributed by atoms with E-state index in [0.717, 1.165) is 27.6 Å². The van der Waals surface area contributed by atoms with E-state index < -0.39 is 0 Å². The Hall–Kier alpha value is -1.58. The van der Waals surface area contributed by atoms with Crippen LogP contribution < -0.4 is 5.32 Å². The number of halogens is 1. The zero-order chi connectivity index (χ0) is 13.9. The maximum atomic E-state index is 5.95. The van der Waals surface area contributed by atoms with Crippen LogP contribution in [-0.2, 0) is 6.42 Å². The first kappa shape index (κ1) is 13.4. The van der Waals surface area contributed by atoms with Crippen molar-refractivity contribution in [3.05, 3.63) is 70.4 Å². The molecule has 0 radical (unpaired) electrons.